The Labute approximate surface area is 127 Å². The summed E-state index contributed by atoms with van der Waals surface area (Å²) in [5, 5.41) is 10.2. The number of para-hydroxylation sites is 1. The molecule has 2 rings (SSSR count). The zero-order chi connectivity index (χ0) is 16.1. The van der Waals surface area contributed by atoms with Gasteiger partial charge in [0.15, 0.2) is 5.69 Å². The molecule has 1 aromatic carbocycles. The lowest BCUT2D eigenvalue weighted by Crippen LogP contribution is -2.25. The molecule has 0 bridgehead atoms. The minimum atomic E-state index is -0.597. The average molecular weight is 304 g/mol. The summed E-state index contributed by atoms with van der Waals surface area (Å²) in [6.45, 7) is 1.92. The molecule has 0 unspecified atom stereocenters. The van der Waals surface area contributed by atoms with Crippen LogP contribution in [0, 0.1) is 0 Å². The maximum atomic E-state index is 11.9. The normalized spacial score (nSPS) is 10.1. The number of nitrogens with zero attached hydrogens (tertiary/aromatic N) is 3. The van der Waals surface area contributed by atoms with Crippen molar-refractivity contribution >= 4 is 12.1 Å². The number of benzene rings is 1. The first kappa shape index (κ1) is 15.5. The molecule has 0 fully saturated rings. The monoisotopic (exact) mass is 304 g/mol. The summed E-state index contributed by atoms with van der Waals surface area (Å²) < 4.78 is 10.2. The van der Waals surface area contributed by atoms with E-state index in [1.807, 2.05) is 0 Å². The standard InChI is InChI=1S/C14H16N4O4/c1-4-21-13(19)12-11(15-17-16-12)9-7-5-6-8-10(9)22-14(20)18(2)3/h5-8H,4H2,1-3H3,(H,15,16,17). The van der Waals surface area contributed by atoms with Crippen LogP contribution < -0.4 is 4.74 Å². The van der Waals surface area contributed by atoms with E-state index in [0.717, 1.165) is 0 Å². The summed E-state index contributed by atoms with van der Waals surface area (Å²) in [7, 11) is 3.15. The number of aromatic amines is 1. The smallest absolute Gasteiger partial charge is 0.414 e. The first-order valence-corrected chi connectivity index (χ1v) is 6.61. The Morgan fingerprint density at radius 2 is 1.95 bits per heavy atom. The minimum absolute atomic E-state index is 0.0372. The van der Waals surface area contributed by atoms with Gasteiger partial charge in [-0.05, 0) is 19.1 Å². The fourth-order valence-electron chi connectivity index (χ4n) is 1.70. The third kappa shape index (κ3) is 3.22. The Kier molecular flexibility index (Phi) is 4.72. The molecule has 2 aromatic rings. The topological polar surface area (TPSA) is 97.4 Å². The molecule has 0 spiro atoms. The lowest BCUT2D eigenvalue weighted by Gasteiger charge is -2.13. The lowest BCUT2D eigenvalue weighted by molar-refractivity contribution is 0.0520. The highest BCUT2D eigenvalue weighted by Crippen LogP contribution is 2.30. The zero-order valence-electron chi connectivity index (χ0n) is 12.5. The summed E-state index contributed by atoms with van der Waals surface area (Å²) in [4.78, 5) is 24.9. The lowest BCUT2D eigenvalue weighted by atomic mass is 10.1. The largest absolute Gasteiger partial charge is 0.461 e. The van der Waals surface area contributed by atoms with E-state index >= 15 is 0 Å². The zero-order valence-corrected chi connectivity index (χ0v) is 12.5. The van der Waals surface area contributed by atoms with Crippen molar-refractivity contribution < 1.29 is 19.1 Å². The van der Waals surface area contributed by atoms with E-state index in [9.17, 15) is 9.59 Å². The van der Waals surface area contributed by atoms with Crippen LogP contribution in [0.5, 0.6) is 5.75 Å². The van der Waals surface area contributed by atoms with Crippen molar-refractivity contribution in [2.24, 2.45) is 0 Å². The maximum absolute atomic E-state index is 11.9. The van der Waals surface area contributed by atoms with E-state index in [1.165, 1.54) is 4.90 Å². The van der Waals surface area contributed by atoms with Crippen molar-refractivity contribution in [2.75, 3.05) is 20.7 Å². The minimum Gasteiger partial charge on any atom is -0.461 e. The molecular formula is C14H16N4O4. The van der Waals surface area contributed by atoms with Crippen LogP contribution in [0.15, 0.2) is 24.3 Å². The maximum Gasteiger partial charge on any atom is 0.414 e. The summed E-state index contributed by atoms with van der Waals surface area (Å²) in [6, 6.07) is 6.75. The number of hydrogen-bond donors (Lipinski definition) is 1. The Morgan fingerprint density at radius 3 is 2.64 bits per heavy atom. The summed E-state index contributed by atoms with van der Waals surface area (Å²) >= 11 is 0. The number of H-pyrrole nitrogens is 1. The fourth-order valence-corrected chi connectivity index (χ4v) is 1.70. The van der Waals surface area contributed by atoms with E-state index in [4.69, 9.17) is 9.47 Å². The van der Waals surface area contributed by atoms with Crippen LogP contribution in [0.1, 0.15) is 17.4 Å². The number of nitrogens with one attached hydrogen (secondary N) is 1. The number of carbonyl (C=O) groups is 2. The third-order valence-electron chi connectivity index (χ3n) is 2.72. The number of esters is 1. The predicted octanol–water partition coefficient (Wildman–Crippen LogP) is 1.71. The van der Waals surface area contributed by atoms with Crippen molar-refractivity contribution in [1.82, 2.24) is 20.3 Å². The molecule has 1 aromatic heterocycles. The Balaban J connectivity index is 2.40. The van der Waals surface area contributed by atoms with Crippen molar-refractivity contribution in [3.8, 4) is 17.0 Å². The molecule has 1 heterocycles. The molecule has 0 saturated heterocycles. The molecule has 0 saturated carbocycles. The van der Waals surface area contributed by atoms with Crippen LogP contribution in [-0.4, -0.2) is 53.1 Å². The molecule has 0 aliphatic heterocycles. The van der Waals surface area contributed by atoms with Crippen LogP contribution in [0.2, 0.25) is 0 Å². The number of hydrogen-bond acceptors (Lipinski definition) is 6. The van der Waals surface area contributed by atoms with Crippen molar-refractivity contribution in [3.63, 3.8) is 0 Å². The van der Waals surface area contributed by atoms with Gasteiger partial charge in [-0.2, -0.15) is 10.3 Å². The van der Waals surface area contributed by atoms with Crippen LogP contribution in [0.25, 0.3) is 11.3 Å². The quantitative estimate of drug-likeness (QED) is 0.864. The predicted molar refractivity (Wildman–Crippen MR) is 77.5 cm³/mol. The van der Waals surface area contributed by atoms with Gasteiger partial charge in [-0.25, -0.2) is 9.59 Å². The second kappa shape index (κ2) is 6.70. The molecule has 8 nitrogen and oxygen atoms in total. The fraction of sp³-hybridized carbons (Fsp3) is 0.286. The van der Waals surface area contributed by atoms with Crippen molar-refractivity contribution in [1.29, 1.82) is 0 Å². The third-order valence-corrected chi connectivity index (χ3v) is 2.72. The summed E-state index contributed by atoms with van der Waals surface area (Å²) in [6.07, 6.45) is -0.534. The molecule has 0 aliphatic carbocycles. The molecule has 1 amide bonds. The van der Waals surface area contributed by atoms with Gasteiger partial charge in [0.25, 0.3) is 0 Å². The van der Waals surface area contributed by atoms with E-state index in [-0.39, 0.29) is 23.7 Å². The van der Waals surface area contributed by atoms with Gasteiger partial charge in [0.2, 0.25) is 0 Å². The molecule has 8 heteroatoms. The van der Waals surface area contributed by atoms with Gasteiger partial charge in [-0.1, -0.05) is 12.1 Å². The SMILES string of the molecule is CCOC(=O)c1n[nH]nc1-c1ccccc1OC(=O)N(C)C. The van der Waals surface area contributed by atoms with E-state index < -0.39 is 12.1 Å². The van der Waals surface area contributed by atoms with Crippen LogP contribution in [0.3, 0.4) is 0 Å². The highest BCUT2D eigenvalue weighted by atomic mass is 16.6. The number of ether oxygens (including phenoxy) is 2. The van der Waals surface area contributed by atoms with Crippen LogP contribution in [0.4, 0.5) is 4.79 Å². The highest BCUT2D eigenvalue weighted by Gasteiger charge is 2.22. The van der Waals surface area contributed by atoms with Gasteiger partial charge in [0.1, 0.15) is 11.4 Å². The van der Waals surface area contributed by atoms with Crippen molar-refractivity contribution in [3.05, 3.63) is 30.0 Å². The number of aromatic nitrogens is 3. The van der Waals surface area contributed by atoms with E-state index in [1.54, 1.807) is 45.3 Å². The molecule has 116 valence electrons. The number of amides is 1. The Bertz CT molecular complexity index is 681. The molecule has 22 heavy (non-hydrogen) atoms. The highest BCUT2D eigenvalue weighted by molar-refractivity contribution is 5.95. The number of carbonyl (C=O) groups excluding carboxylic acids is 2. The molecule has 0 atom stereocenters. The Morgan fingerprint density at radius 1 is 1.23 bits per heavy atom. The number of rotatable bonds is 4. The van der Waals surface area contributed by atoms with E-state index in [2.05, 4.69) is 15.4 Å². The molecule has 0 radical (unpaired) electrons. The van der Waals surface area contributed by atoms with Gasteiger partial charge in [-0.3, -0.25) is 0 Å². The van der Waals surface area contributed by atoms with Crippen LogP contribution >= 0.6 is 0 Å². The second-order valence-electron chi connectivity index (χ2n) is 4.50. The van der Waals surface area contributed by atoms with Crippen LogP contribution in [-0.2, 0) is 4.74 Å². The molecular weight excluding hydrogens is 288 g/mol. The second-order valence-corrected chi connectivity index (χ2v) is 4.50. The van der Waals surface area contributed by atoms with E-state index in [0.29, 0.717) is 5.56 Å². The van der Waals surface area contributed by atoms with Gasteiger partial charge in [-0.15, -0.1) is 5.10 Å². The van der Waals surface area contributed by atoms with Gasteiger partial charge in [0.05, 0.1) is 6.61 Å². The summed E-state index contributed by atoms with van der Waals surface area (Å²) in [5.41, 5.74) is 0.769. The van der Waals surface area contributed by atoms with Gasteiger partial charge < -0.3 is 14.4 Å². The molecule has 1 N–H and O–H groups in total. The van der Waals surface area contributed by atoms with Gasteiger partial charge >= 0.3 is 12.1 Å². The Hall–Kier alpha value is -2.90. The molecule has 0 aliphatic rings. The first-order valence-electron chi connectivity index (χ1n) is 6.61. The van der Waals surface area contributed by atoms with Gasteiger partial charge in [0, 0.05) is 19.7 Å². The summed E-state index contributed by atoms with van der Waals surface area (Å²) in [5.74, 6) is -0.319. The average Bonchev–Trinajstić information content (AvgIpc) is 2.97. The first-order chi connectivity index (χ1) is 10.5. The van der Waals surface area contributed by atoms with Crippen molar-refractivity contribution in [2.45, 2.75) is 6.92 Å².